The van der Waals surface area contributed by atoms with Gasteiger partial charge in [-0.25, -0.2) is 0 Å². The smallest absolute Gasteiger partial charge is 0.310 e. The van der Waals surface area contributed by atoms with Gasteiger partial charge < -0.3 is 5.11 Å². The van der Waals surface area contributed by atoms with E-state index < -0.39 is 11.9 Å². The van der Waals surface area contributed by atoms with Crippen molar-refractivity contribution in [2.75, 3.05) is 0 Å². The Morgan fingerprint density at radius 3 is 2.58 bits per heavy atom. The number of aromatic nitrogens is 1. The molecule has 1 aromatic heterocycles. The monoisotopic (exact) mass is 165 g/mol. The van der Waals surface area contributed by atoms with Crippen LogP contribution in [0.15, 0.2) is 24.5 Å². The highest BCUT2D eigenvalue weighted by Gasteiger charge is 2.16. The molecule has 1 atom stereocenters. The highest BCUT2D eigenvalue weighted by molar-refractivity contribution is 5.75. The third-order valence-electron chi connectivity index (χ3n) is 1.81. The molecule has 0 aromatic carbocycles. The van der Waals surface area contributed by atoms with Crippen LogP contribution >= 0.6 is 0 Å². The molecule has 0 saturated heterocycles. The predicted molar refractivity (Wildman–Crippen MR) is 44.9 cm³/mol. The third kappa shape index (κ3) is 1.81. The summed E-state index contributed by atoms with van der Waals surface area (Å²) in [7, 11) is 0. The summed E-state index contributed by atoms with van der Waals surface area (Å²) in [6.07, 6.45) is 3.83. The lowest BCUT2D eigenvalue weighted by Crippen LogP contribution is -2.10. The van der Waals surface area contributed by atoms with Gasteiger partial charge in [0.15, 0.2) is 0 Å². The van der Waals surface area contributed by atoms with Crippen molar-refractivity contribution in [2.45, 2.75) is 19.3 Å². The maximum absolute atomic E-state index is 10.7. The topological polar surface area (TPSA) is 50.2 Å². The lowest BCUT2D eigenvalue weighted by molar-refractivity contribution is -0.138. The standard InChI is InChI=1S/C9H11NO2/c1-2-8(9(11)12)7-3-5-10-6-4-7/h3-6,8H,2H2,1H3,(H,11,12). The minimum Gasteiger partial charge on any atom is -0.481 e. The molecular weight excluding hydrogens is 154 g/mol. The van der Waals surface area contributed by atoms with Gasteiger partial charge in [0.2, 0.25) is 0 Å². The number of carbonyl (C=O) groups is 1. The summed E-state index contributed by atoms with van der Waals surface area (Å²) in [6, 6.07) is 3.48. The van der Waals surface area contributed by atoms with Crippen LogP contribution in [0.2, 0.25) is 0 Å². The summed E-state index contributed by atoms with van der Waals surface area (Å²) in [5.74, 6) is -1.17. The van der Waals surface area contributed by atoms with Crippen LogP contribution in [0.25, 0.3) is 0 Å². The van der Waals surface area contributed by atoms with E-state index in [-0.39, 0.29) is 0 Å². The molecule has 1 N–H and O–H groups in total. The van der Waals surface area contributed by atoms with Gasteiger partial charge in [-0.3, -0.25) is 9.78 Å². The van der Waals surface area contributed by atoms with Crippen molar-refractivity contribution in [3.63, 3.8) is 0 Å². The van der Waals surface area contributed by atoms with E-state index in [1.807, 2.05) is 6.92 Å². The van der Waals surface area contributed by atoms with Gasteiger partial charge in [0.05, 0.1) is 5.92 Å². The molecule has 0 aliphatic carbocycles. The van der Waals surface area contributed by atoms with E-state index in [2.05, 4.69) is 4.98 Å². The van der Waals surface area contributed by atoms with Crippen LogP contribution < -0.4 is 0 Å². The average Bonchev–Trinajstić information content (AvgIpc) is 2.07. The number of nitrogens with zero attached hydrogens (tertiary/aromatic N) is 1. The average molecular weight is 165 g/mol. The molecule has 0 aliphatic rings. The fourth-order valence-electron chi connectivity index (χ4n) is 1.15. The van der Waals surface area contributed by atoms with Gasteiger partial charge in [0.25, 0.3) is 0 Å². The van der Waals surface area contributed by atoms with Gasteiger partial charge in [-0.1, -0.05) is 6.92 Å². The molecule has 1 aromatic rings. The molecule has 64 valence electrons. The Morgan fingerprint density at radius 2 is 2.17 bits per heavy atom. The van der Waals surface area contributed by atoms with E-state index in [9.17, 15) is 4.79 Å². The van der Waals surface area contributed by atoms with Crippen LogP contribution in [0.1, 0.15) is 24.8 Å². The molecule has 3 nitrogen and oxygen atoms in total. The summed E-state index contributed by atoms with van der Waals surface area (Å²) >= 11 is 0. The number of carboxylic acid groups (broad SMARTS) is 1. The number of aliphatic carboxylic acids is 1. The maximum Gasteiger partial charge on any atom is 0.310 e. The second-order valence-electron chi connectivity index (χ2n) is 2.58. The molecule has 0 spiro atoms. The van der Waals surface area contributed by atoms with E-state index in [0.717, 1.165) is 5.56 Å². The molecule has 12 heavy (non-hydrogen) atoms. The number of rotatable bonds is 3. The van der Waals surface area contributed by atoms with Gasteiger partial charge in [-0.15, -0.1) is 0 Å². The quantitative estimate of drug-likeness (QED) is 0.741. The second-order valence-corrected chi connectivity index (χ2v) is 2.58. The molecule has 0 fully saturated rings. The molecule has 1 heterocycles. The van der Waals surface area contributed by atoms with Gasteiger partial charge >= 0.3 is 5.97 Å². The van der Waals surface area contributed by atoms with Crippen molar-refractivity contribution in [1.82, 2.24) is 4.98 Å². The van der Waals surface area contributed by atoms with E-state index in [1.165, 1.54) is 0 Å². The van der Waals surface area contributed by atoms with Gasteiger partial charge in [0, 0.05) is 12.4 Å². The third-order valence-corrected chi connectivity index (χ3v) is 1.81. The molecule has 0 amide bonds. The van der Waals surface area contributed by atoms with Crippen molar-refractivity contribution < 1.29 is 9.90 Å². The summed E-state index contributed by atoms with van der Waals surface area (Å²) in [6.45, 7) is 1.86. The molecule has 0 saturated carbocycles. The van der Waals surface area contributed by atoms with E-state index >= 15 is 0 Å². The number of pyridine rings is 1. The first-order valence-corrected chi connectivity index (χ1v) is 3.88. The van der Waals surface area contributed by atoms with Gasteiger partial charge in [-0.05, 0) is 24.1 Å². The Morgan fingerprint density at radius 1 is 1.58 bits per heavy atom. The van der Waals surface area contributed by atoms with Crippen LogP contribution in [0, 0.1) is 0 Å². The Labute approximate surface area is 71.1 Å². The van der Waals surface area contributed by atoms with Gasteiger partial charge in [-0.2, -0.15) is 0 Å². The maximum atomic E-state index is 10.7. The Kier molecular flexibility index (Phi) is 2.80. The van der Waals surface area contributed by atoms with Crippen molar-refractivity contribution in [2.24, 2.45) is 0 Å². The summed E-state index contributed by atoms with van der Waals surface area (Å²) in [4.78, 5) is 14.5. The summed E-state index contributed by atoms with van der Waals surface area (Å²) in [5, 5.41) is 8.81. The molecule has 0 radical (unpaired) electrons. The van der Waals surface area contributed by atoms with Crippen molar-refractivity contribution >= 4 is 5.97 Å². The van der Waals surface area contributed by atoms with Crippen molar-refractivity contribution in [3.05, 3.63) is 30.1 Å². The van der Waals surface area contributed by atoms with E-state index in [0.29, 0.717) is 6.42 Å². The van der Waals surface area contributed by atoms with Crippen LogP contribution in [0.3, 0.4) is 0 Å². The van der Waals surface area contributed by atoms with Crippen LogP contribution in [-0.4, -0.2) is 16.1 Å². The van der Waals surface area contributed by atoms with Crippen LogP contribution in [0.4, 0.5) is 0 Å². The highest BCUT2D eigenvalue weighted by Crippen LogP contribution is 2.17. The number of carboxylic acids is 1. The SMILES string of the molecule is CCC(C(=O)O)c1ccncc1. The van der Waals surface area contributed by atoms with Crippen LogP contribution in [-0.2, 0) is 4.79 Å². The highest BCUT2D eigenvalue weighted by atomic mass is 16.4. The number of hydrogen-bond acceptors (Lipinski definition) is 2. The molecule has 0 bridgehead atoms. The zero-order valence-corrected chi connectivity index (χ0v) is 6.90. The lowest BCUT2D eigenvalue weighted by Gasteiger charge is -2.08. The Hall–Kier alpha value is -1.38. The molecule has 0 aliphatic heterocycles. The molecule has 3 heteroatoms. The fraction of sp³-hybridized carbons (Fsp3) is 0.333. The Balaban J connectivity index is 2.88. The number of hydrogen-bond donors (Lipinski definition) is 1. The van der Waals surface area contributed by atoms with E-state index in [4.69, 9.17) is 5.11 Å². The molecular formula is C9H11NO2. The molecule has 1 unspecified atom stereocenters. The zero-order valence-electron chi connectivity index (χ0n) is 6.90. The van der Waals surface area contributed by atoms with E-state index in [1.54, 1.807) is 24.5 Å². The zero-order chi connectivity index (χ0) is 8.97. The Bertz CT molecular complexity index is 258. The largest absolute Gasteiger partial charge is 0.481 e. The van der Waals surface area contributed by atoms with Crippen molar-refractivity contribution in [3.8, 4) is 0 Å². The first kappa shape index (κ1) is 8.71. The van der Waals surface area contributed by atoms with Gasteiger partial charge in [0.1, 0.15) is 0 Å². The second kappa shape index (κ2) is 3.85. The summed E-state index contributed by atoms with van der Waals surface area (Å²) < 4.78 is 0. The minimum atomic E-state index is -0.774. The fourth-order valence-corrected chi connectivity index (χ4v) is 1.15. The van der Waals surface area contributed by atoms with Crippen molar-refractivity contribution in [1.29, 1.82) is 0 Å². The first-order valence-electron chi connectivity index (χ1n) is 3.88. The predicted octanol–water partition coefficient (Wildman–Crippen LogP) is 1.66. The first-order chi connectivity index (χ1) is 5.75. The normalized spacial score (nSPS) is 12.4. The van der Waals surface area contributed by atoms with Crippen LogP contribution in [0.5, 0.6) is 0 Å². The molecule has 1 rings (SSSR count). The minimum absolute atomic E-state index is 0.395. The summed E-state index contributed by atoms with van der Waals surface area (Å²) in [5.41, 5.74) is 0.819. The lowest BCUT2D eigenvalue weighted by atomic mass is 9.98.